The van der Waals surface area contributed by atoms with Crippen LogP contribution in [0.3, 0.4) is 0 Å². The highest BCUT2D eigenvalue weighted by molar-refractivity contribution is 7.19. The van der Waals surface area contributed by atoms with E-state index in [2.05, 4.69) is 10.6 Å². The third-order valence-corrected chi connectivity index (χ3v) is 5.20. The van der Waals surface area contributed by atoms with Gasteiger partial charge in [-0.25, -0.2) is 4.79 Å². The minimum Gasteiger partial charge on any atom is -0.478 e. The van der Waals surface area contributed by atoms with E-state index in [9.17, 15) is 14.9 Å². The number of nitrogen functional groups attached to an aromatic ring is 1. The SMILES string of the molecule is N#Cc1c(Nc2ccccc2)sc(C(=O)Nc2ccc(Cl)c(C(=O)O)c2)c1N. The smallest absolute Gasteiger partial charge is 0.337 e. The molecule has 1 amide bonds. The number of carboxylic acids is 1. The number of rotatable bonds is 5. The van der Waals surface area contributed by atoms with E-state index in [1.165, 1.54) is 18.2 Å². The molecular formula is C19H13ClN4O3S. The summed E-state index contributed by atoms with van der Waals surface area (Å²) in [6, 6.07) is 15.3. The van der Waals surface area contributed by atoms with Crippen LogP contribution in [0.25, 0.3) is 0 Å². The molecule has 1 aromatic heterocycles. The number of benzene rings is 2. The summed E-state index contributed by atoms with van der Waals surface area (Å²) in [5.74, 6) is -1.77. The van der Waals surface area contributed by atoms with E-state index in [0.717, 1.165) is 17.0 Å². The number of para-hydroxylation sites is 1. The molecule has 0 unspecified atom stereocenters. The molecule has 7 nitrogen and oxygen atoms in total. The summed E-state index contributed by atoms with van der Waals surface area (Å²) in [5.41, 5.74) is 7.07. The maximum Gasteiger partial charge on any atom is 0.337 e. The van der Waals surface area contributed by atoms with Crippen molar-refractivity contribution in [3.05, 3.63) is 69.6 Å². The van der Waals surface area contributed by atoms with Gasteiger partial charge in [-0.05, 0) is 30.3 Å². The van der Waals surface area contributed by atoms with E-state index in [4.69, 9.17) is 22.4 Å². The number of nitrogens with two attached hydrogens (primary N) is 1. The standard InChI is InChI=1S/C19H13ClN4O3S/c20-14-7-6-11(8-12(14)19(26)27)23-17(25)16-15(22)13(9-21)18(28-16)24-10-4-2-1-3-5-10/h1-8,24H,22H2,(H,23,25)(H,26,27). The second-order valence-corrected chi connectivity index (χ2v) is 7.03. The third-order valence-electron chi connectivity index (χ3n) is 3.75. The molecule has 3 aromatic rings. The highest BCUT2D eigenvalue weighted by Gasteiger charge is 2.22. The molecule has 2 aromatic carbocycles. The van der Waals surface area contributed by atoms with Crippen LogP contribution in [0.2, 0.25) is 5.02 Å². The molecule has 0 fully saturated rings. The Labute approximate surface area is 169 Å². The molecule has 0 aliphatic carbocycles. The van der Waals surface area contributed by atoms with Crippen molar-refractivity contribution in [2.45, 2.75) is 0 Å². The van der Waals surface area contributed by atoms with Crippen LogP contribution in [0.15, 0.2) is 48.5 Å². The molecule has 1 heterocycles. The number of nitriles is 1. The van der Waals surface area contributed by atoms with Gasteiger partial charge in [-0.3, -0.25) is 4.79 Å². The molecule has 0 spiro atoms. The zero-order valence-corrected chi connectivity index (χ0v) is 15.8. The molecule has 9 heteroatoms. The Bertz CT molecular complexity index is 1110. The Balaban J connectivity index is 1.89. The fourth-order valence-corrected chi connectivity index (χ4v) is 3.60. The van der Waals surface area contributed by atoms with Gasteiger partial charge in [0.25, 0.3) is 5.91 Å². The summed E-state index contributed by atoms with van der Waals surface area (Å²) in [6.45, 7) is 0. The average molecular weight is 413 g/mol. The minimum absolute atomic E-state index is 0.0517. The number of carboxylic acid groups (broad SMARTS) is 1. The van der Waals surface area contributed by atoms with Crippen LogP contribution in [0.1, 0.15) is 25.6 Å². The van der Waals surface area contributed by atoms with Crippen LogP contribution >= 0.6 is 22.9 Å². The molecule has 0 aliphatic heterocycles. The Morgan fingerprint density at radius 3 is 2.50 bits per heavy atom. The van der Waals surface area contributed by atoms with Gasteiger partial charge in [0.1, 0.15) is 21.5 Å². The van der Waals surface area contributed by atoms with E-state index in [1.54, 1.807) is 0 Å². The number of carbonyl (C=O) groups excluding carboxylic acids is 1. The molecule has 140 valence electrons. The van der Waals surface area contributed by atoms with Gasteiger partial charge in [-0.1, -0.05) is 29.8 Å². The van der Waals surface area contributed by atoms with Gasteiger partial charge in [-0.2, -0.15) is 5.26 Å². The van der Waals surface area contributed by atoms with Gasteiger partial charge >= 0.3 is 5.97 Å². The third kappa shape index (κ3) is 3.91. The lowest BCUT2D eigenvalue weighted by atomic mass is 10.2. The quantitative estimate of drug-likeness (QED) is 0.486. The number of nitrogens with zero attached hydrogens (tertiary/aromatic N) is 1. The number of anilines is 4. The normalized spacial score (nSPS) is 10.1. The molecule has 0 aliphatic rings. The average Bonchev–Trinajstić information content (AvgIpc) is 2.99. The molecule has 5 N–H and O–H groups in total. The van der Waals surface area contributed by atoms with Crippen LogP contribution < -0.4 is 16.4 Å². The fourth-order valence-electron chi connectivity index (χ4n) is 2.42. The van der Waals surface area contributed by atoms with Crippen molar-refractivity contribution in [1.29, 1.82) is 5.26 Å². The first-order valence-corrected chi connectivity index (χ1v) is 9.08. The van der Waals surface area contributed by atoms with Gasteiger partial charge in [-0.15, -0.1) is 11.3 Å². The number of amides is 1. The first-order valence-electron chi connectivity index (χ1n) is 7.89. The molecule has 3 rings (SSSR count). The van der Waals surface area contributed by atoms with E-state index in [0.29, 0.717) is 5.00 Å². The van der Waals surface area contributed by atoms with Gasteiger partial charge in [0.2, 0.25) is 0 Å². The topological polar surface area (TPSA) is 128 Å². The number of thiophene rings is 1. The van der Waals surface area contributed by atoms with Crippen LogP contribution in [0.5, 0.6) is 0 Å². The fraction of sp³-hybridized carbons (Fsp3) is 0. The first kappa shape index (κ1) is 19.2. The summed E-state index contributed by atoms with van der Waals surface area (Å²) in [6.07, 6.45) is 0. The van der Waals surface area contributed by atoms with E-state index < -0.39 is 11.9 Å². The minimum atomic E-state index is -1.21. The summed E-state index contributed by atoms with van der Waals surface area (Å²) in [7, 11) is 0. The Morgan fingerprint density at radius 2 is 1.86 bits per heavy atom. The Morgan fingerprint density at radius 1 is 1.14 bits per heavy atom. The Kier molecular flexibility index (Phi) is 5.49. The molecule has 0 radical (unpaired) electrons. The molecule has 0 saturated carbocycles. The van der Waals surface area contributed by atoms with E-state index in [1.807, 2.05) is 36.4 Å². The van der Waals surface area contributed by atoms with Crippen molar-refractivity contribution in [2.75, 3.05) is 16.4 Å². The number of hydrogen-bond donors (Lipinski definition) is 4. The number of nitrogens with one attached hydrogen (secondary N) is 2. The van der Waals surface area contributed by atoms with Crippen LogP contribution in [-0.4, -0.2) is 17.0 Å². The van der Waals surface area contributed by atoms with Crippen molar-refractivity contribution < 1.29 is 14.7 Å². The molecule has 0 bridgehead atoms. The van der Waals surface area contributed by atoms with Crippen molar-refractivity contribution in [3.8, 4) is 6.07 Å². The zero-order valence-electron chi connectivity index (χ0n) is 14.2. The number of aromatic carboxylic acids is 1. The molecular weight excluding hydrogens is 400 g/mol. The second-order valence-electron chi connectivity index (χ2n) is 5.61. The summed E-state index contributed by atoms with van der Waals surface area (Å²) in [4.78, 5) is 24.0. The lowest BCUT2D eigenvalue weighted by Crippen LogP contribution is -2.13. The maximum atomic E-state index is 12.6. The summed E-state index contributed by atoms with van der Waals surface area (Å²) < 4.78 is 0. The van der Waals surface area contributed by atoms with Crippen molar-refractivity contribution in [1.82, 2.24) is 0 Å². The lowest BCUT2D eigenvalue weighted by molar-refractivity contribution is 0.0696. The van der Waals surface area contributed by atoms with Crippen LogP contribution in [-0.2, 0) is 0 Å². The summed E-state index contributed by atoms with van der Waals surface area (Å²) >= 11 is 6.87. The monoisotopic (exact) mass is 412 g/mol. The zero-order chi connectivity index (χ0) is 20.3. The largest absolute Gasteiger partial charge is 0.478 e. The van der Waals surface area contributed by atoms with Gasteiger partial charge < -0.3 is 21.5 Å². The van der Waals surface area contributed by atoms with E-state index in [-0.39, 0.29) is 32.4 Å². The lowest BCUT2D eigenvalue weighted by Gasteiger charge is -2.06. The van der Waals surface area contributed by atoms with Crippen LogP contribution in [0, 0.1) is 11.3 Å². The predicted octanol–water partition coefficient (Wildman–Crippen LogP) is 4.55. The van der Waals surface area contributed by atoms with Gasteiger partial charge in [0.15, 0.2) is 0 Å². The van der Waals surface area contributed by atoms with Crippen molar-refractivity contribution >= 4 is 56.9 Å². The predicted molar refractivity (Wildman–Crippen MR) is 110 cm³/mol. The number of carbonyl (C=O) groups is 2. The Hall–Kier alpha value is -3.54. The number of halogens is 1. The highest BCUT2D eigenvalue weighted by atomic mass is 35.5. The van der Waals surface area contributed by atoms with Gasteiger partial charge in [0, 0.05) is 11.4 Å². The van der Waals surface area contributed by atoms with Crippen molar-refractivity contribution in [3.63, 3.8) is 0 Å². The summed E-state index contributed by atoms with van der Waals surface area (Å²) in [5, 5.41) is 24.7. The molecule has 28 heavy (non-hydrogen) atoms. The highest BCUT2D eigenvalue weighted by Crippen LogP contribution is 2.37. The maximum absolute atomic E-state index is 12.6. The van der Waals surface area contributed by atoms with Crippen LogP contribution in [0.4, 0.5) is 22.1 Å². The first-order chi connectivity index (χ1) is 13.4. The molecule has 0 saturated heterocycles. The second kappa shape index (κ2) is 8.00. The number of hydrogen-bond acceptors (Lipinski definition) is 6. The van der Waals surface area contributed by atoms with Crippen molar-refractivity contribution in [2.24, 2.45) is 0 Å². The molecule has 0 atom stereocenters. The van der Waals surface area contributed by atoms with Gasteiger partial charge in [0.05, 0.1) is 16.3 Å². The van der Waals surface area contributed by atoms with E-state index >= 15 is 0 Å².